The standard InChI is InChI=1S/C22H40N2O4/c1-2-26-7-8-28-10-9-27-6-4-3-5-20(24-21(23)25)22-14-17-11-18(15-22)13-19(12-17)16-22/h17-20H,2-16H2,1H3,(H3,23,24,25). The van der Waals surface area contributed by atoms with Crippen LogP contribution in [0.25, 0.3) is 0 Å². The molecule has 6 nitrogen and oxygen atoms in total. The Hall–Kier alpha value is -0.850. The second-order valence-corrected chi connectivity index (χ2v) is 9.26. The molecule has 162 valence electrons. The lowest BCUT2D eigenvalue weighted by Crippen LogP contribution is -2.57. The van der Waals surface area contributed by atoms with Gasteiger partial charge in [-0.15, -0.1) is 0 Å². The molecule has 3 N–H and O–H groups in total. The average molecular weight is 397 g/mol. The molecule has 1 unspecified atom stereocenters. The predicted octanol–water partition coefficient (Wildman–Crippen LogP) is 3.48. The molecular formula is C22H40N2O4. The predicted molar refractivity (Wildman–Crippen MR) is 109 cm³/mol. The third kappa shape index (κ3) is 6.07. The van der Waals surface area contributed by atoms with Gasteiger partial charge in [0, 0.05) is 19.3 Å². The molecule has 4 fully saturated rings. The Morgan fingerprint density at radius 3 is 2.00 bits per heavy atom. The number of primary amides is 1. The van der Waals surface area contributed by atoms with E-state index in [2.05, 4.69) is 5.32 Å². The highest BCUT2D eigenvalue weighted by Crippen LogP contribution is 2.61. The Labute approximate surface area is 170 Å². The highest BCUT2D eigenvalue weighted by atomic mass is 16.5. The number of unbranched alkanes of at least 4 members (excludes halogenated alkanes) is 1. The molecule has 0 heterocycles. The van der Waals surface area contributed by atoms with Gasteiger partial charge in [-0.1, -0.05) is 0 Å². The molecule has 6 heteroatoms. The number of nitrogens with one attached hydrogen (secondary N) is 1. The van der Waals surface area contributed by atoms with Gasteiger partial charge < -0.3 is 25.3 Å². The fourth-order valence-corrected chi connectivity index (χ4v) is 6.44. The van der Waals surface area contributed by atoms with Crippen LogP contribution in [0.1, 0.15) is 64.7 Å². The number of hydrogen-bond donors (Lipinski definition) is 2. The SMILES string of the molecule is CCOCCOCCOCCCCC(NC(N)=O)C12CC3CC(CC(C3)C1)C2. The van der Waals surface area contributed by atoms with Crippen LogP contribution in [0.4, 0.5) is 4.79 Å². The van der Waals surface area contributed by atoms with Gasteiger partial charge in [-0.25, -0.2) is 4.79 Å². The number of amides is 2. The summed E-state index contributed by atoms with van der Waals surface area (Å²) in [4.78, 5) is 11.7. The van der Waals surface area contributed by atoms with Gasteiger partial charge in [0.25, 0.3) is 0 Å². The molecule has 0 saturated heterocycles. The highest BCUT2D eigenvalue weighted by Gasteiger charge is 2.54. The lowest BCUT2D eigenvalue weighted by molar-refractivity contribution is -0.0733. The van der Waals surface area contributed by atoms with E-state index in [1.54, 1.807) is 0 Å². The van der Waals surface area contributed by atoms with E-state index in [1.807, 2.05) is 6.92 Å². The van der Waals surface area contributed by atoms with Crippen LogP contribution < -0.4 is 11.1 Å². The van der Waals surface area contributed by atoms with Crippen LogP contribution in [0.5, 0.6) is 0 Å². The molecule has 28 heavy (non-hydrogen) atoms. The Morgan fingerprint density at radius 2 is 1.46 bits per heavy atom. The second-order valence-electron chi connectivity index (χ2n) is 9.26. The molecule has 4 saturated carbocycles. The molecule has 4 bridgehead atoms. The maximum Gasteiger partial charge on any atom is 0.312 e. The van der Waals surface area contributed by atoms with Crippen molar-refractivity contribution in [3.8, 4) is 0 Å². The topological polar surface area (TPSA) is 82.8 Å². The molecule has 0 aromatic carbocycles. The minimum absolute atomic E-state index is 0.236. The summed E-state index contributed by atoms with van der Waals surface area (Å²) < 4.78 is 16.4. The Bertz CT molecular complexity index is 450. The van der Waals surface area contributed by atoms with Crippen molar-refractivity contribution in [1.29, 1.82) is 0 Å². The zero-order chi connectivity index (χ0) is 19.8. The maximum atomic E-state index is 11.7. The Balaban J connectivity index is 1.34. The van der Waals surface area contributed by atoms with Crippen molar-refractivity contribution in [2.24, 2.45) is 28.9 Å². The number of urea groups is 1. The molecule has 4 aliphatic rings. The van der Waals surface area contributed by atoms with Crippen LogP contribution in [0.3, 0.4) is 0 Å². The van der Waals surface area contributed by atoms with Crippen molar-refractivity contribution in [3.05, 3.63) is 0 Å². The molecular weight excluding hydrogens is 356 g/mol. The van der Waals surface area contributed by atoms with Crippen LogP contribution in [0.2, 0.25) is 0 Å². The van der Waals surface area contributed by atoms with Crippen LogP contribution in [-0.2, 0) is 14.2 Å². The maximum absolute atomic E-state index is 11.7. The summed E-state index contributed by atoms with van der Waals surface area (Å²) in [6.45, 7) is 5.98. The molecule has 0 aliphatic heterocycles. The minimum atomic E-state index is -0.360. The molecule has 4 aliphatic carbocycles. The minimum Gasteiger partial charge on any atom is -0.379 e. The van der Waals surface area contributed by atoms with E-state index in [0.717, 1.165) is 50.2 Å². The Kier molecular flexibility index (Phi) is 8.42. The van der Waals surface area contributed by atoms with Crippen molar-refractivity contribution in [3.63, 3.8) is 0 Å². The Morgan fingerprint density at radius 1 is 0.929 bits per heavy atom. The fraction of sp³-hybridized carbons (Fsp3) is 0.955. The quantitative estimate of drug-likeness (QED) is 0.440. The molecule has 0 aromatic heterocycles. The molecule has 1 atom stereocenters. The largest absolute Gasteiger partial charge is 0.379 e. The summed E-state index contributed by atoms with van der Waals surface area (Å²) in [6.07, 6.45) is 11.2. The molecule has 4 rings (SSSR count). The van der Waals surface area contributed by atoms with Gasteiger partial charge in [0.1, 0.15) is 0 Å². The number of rotatable bonds is 14. The summed E-state index contributed by atoms with van der Waals surface area (Å²) in [5, 5.41) is 3.14. The smallest absolute Gasteiger partial charge is 0.312 e. The first kappa shape index (κ1) is 21.8. The van der Waals surface area contributed by atoms with Gasteiger partial charge in [-0.3, -0.25) is 0 Å². The van der Waals surface area contributed by atoms with E-state index in [9.17, 15) is 4.79 Å². The first-order chi connectivity index (χ1) is 13.6. The number of ether oxygens (including phenoxy) is 3. The van der Waals surface area contributed by atoms with Crippen molar-refractivity contribution >= 4 is 6.03 Å². The first-order valence-corrected chi connectivity index (χ1v) is 11.4. The number of hydrogen-bond acceptors (Lipinski definition) is 4. The van der Waals surface area contributed by atoms with Gasteiger partial charge >= 0.3 is 6.03 Å². The third-order valence-electron chi connectivity index (χ3n) is 7.12. The number of carbonyl (C=O) groups is 1. The van der Waals surface area contributed by atoms with Crippen LogP contribution in [0.15, 0.2) is 0 Å². The highest BCUT2D eigenvalue weighted by molar-refractivity contribution is 5.72. The number of carbonyl (C=O) groups excluding carboxylic acids is 1. The van der Waals surface area contributed by atoms with E-state index in [0.29, 0.717) is 31.8 Å². The van der Waals surface area contributed by atoms with Gasteiger partial charge in [-0.2, -0.15) is 0 Å². The van der Waals surface area contributed by atoms with Crippen molar-refractivity contribution in [2.75, 3.05) is 39.6 Å². The summed E-state index contributed by atoms with van der Waals surface area (Å²) in [6, 6.07) is -0.124. The van der Waals surface area contributed by atoms with Gasteiger partial charge in [0.05, 0.1) is 26.4 Å². The van der Waals surface area contributed by atoms with E-state index < -0.39 is 0 Å². The zero-order valence-electron chi connectivity index (χ0n) is 17.6. The van der Waals surface area contributed by atoms with E-state index in [1.165, 1.54) is 38.5 Å². The van der Waals surface area contributed by atoms with Crippen LogP contribution in [-0.4, -0.2) is 51.7 Å². The van der Waals surface area contributed by atoms with Crippen molar-refractivity contribution in [2.45, 2.75) is 70.8 Å². The van der Waals surface area contributed by atoms with E-state index in [4.69, 9.17) is 19.9 Å². The van der Waals surface area contributed by atoms with Gasteiger partial charge in [-0.05, 0) is 87.9 Å². The summed E-state index contributed by atoms with van der Waals surface area (Å²) >= 11 is 0. The van der Waals surface area contributed by atoms with E-state index >= 15 is 0 Å². The van der Waals surface area contributed by atoms with Gasteiger partial charge in [0.2, 0.25) is 0 Å². The molecule has 0 radical (unpaired) electrons. The van der Waals surface area contributed by atoms with Crippen LogP contribution >= 0.6 is 0 Å². The summed E-state index contributed by atoms with van der Waals surface area (Å²) in [5.41, 5.74) is 5.85. The molecule has 0 spiro atoms. The zero-order valence-corrected chi connectivity index (χ0v) is 17.6. The van der Waals surface area contributed by atoms with Crippen molar-refractivity contribution < 1.29 is 19.0 Å². The van der Waals surface area contributed by atoms with Crippen molar-refractivity contribution in [1.82, 2.24) is 5.32 Å². The van der Waals surface area contributed by atoms with Gasteiger partial charge in [0.15, 0.2) is 0 Å². The third-order valence-corrected chi connectivity index (χ3v) is 7.12. The second kappa shape index (κ2) is 10.8. The monoisotopic (exact) mass is 396 g/mol. The summed E-state index contributed by atoms with van der Waals surface area (Å²) in [7, 11) is 0. The lowest BCUT2D eigenvalue weighted by atomic mass is 9.47. The molecule has 2 amide bonds. The fourth-order valence-electron chi connectivity index (χ4n) is 6.44. The number of nitrogens with two attached hydrogens (primary N) is 1. The normalized spacial score (nSPS) is 31.8. The lowest BCUT2D eigenvalue weighted by Gasteiger charge is -2.59. The first-order valence-electron chi connectivity index (χ1n) is 11.4. The summed E-state index contributed by atoms with van der Waals surface area (Å²) in [5.74, 6) is 2.65. The van der Waals surface area contributed by atoms with Crippen LogP contribution in [0, 0.1) is 23.2 Å². The van der Waals surface area contributed by atoms with E-state index in [-0.39, 0.29) is 12.1 Å². The molecule has 0 aromatic rings. The average Bonchev–Trinajstić information content (AvgIpc) is 2.63.